The first kappa shape index (κ1) is 12.5. The van der Waals surface area contributed by atoms with E-state index in [0.29, 0.717) is 22.1 Å². The van der Waals surface area contributed by atoms with Crippen LogP contribution >= 0.6 is 11.6 Å². The van der Waals surface area contributed by atoms with E-state index in [-0.39, 0.29) is 5.91 Å². The molecular formula is C13H12ClN3O. The molecule has 0 unspecified atom stereocenters. The fraction of sp³-hybridized carbons (Fsp3) is 0.154. The van der Waals surface area contributed by atoms with Crippen molar-refractivity contribution in [2.45, 2.75) is 13.8 Å². The second-order valence-corrected chi connectivity index (χ2v) is 4.29. The average molecular weight is 262 g/mol. The van der Waals surface area contributed by atoms with Crippen molar-refractivity contribution < 1.29 is 4.79 Å². The highest BCUT2D eigenvalue weighted by Gasteiger charge is 2.09. The summed E-state index contributed by atoms with van der Waals surface area (Å²) in [7, 11) is 0. The third-order valence-electron chi connectivity index (χ3n) is 2.56. The van der Waals surface area contributed by atoms with E-state index in [1.165, 1.54) is 12.4 Å². The molecule has 0 fully saturated rings. The number of carbonyl (C=O) groups is 1. The number of hydrogen-bond acceptors (Lipinski definition) is 3. The van der Waals surface area contributed by atoms with Crippen molar-refractivity contribution in [1.82, 2.24) is 9.97 Å². The number of aromatic nitrogens is 2. The van der Waals surface area contributed by atoms with Crippen molar-refractivity contribution in [2.75, 3.05) is 5.32 Å². The summed E-state index contributed by atoms with van der Waals surface area (Å²) in [6.45, 7) is 3.62. The summed E-state index contributed by atoms with van der Waals surface area (Å²) < 4.78 is 0. The number of benzene rings is 1. The predicted octanol–water partition coefficient (Wildman–Crippen LogP) is 3.00. The van der Waals surface area contributed by atoms with E-state index in [2.05, 4.69) is 15.3 Å². The predicted molar refractivity (Wildman–Crippen MR) is 70.9 cm³/mol. The van der Waals surface area contributed by atoms with Crippen LogP contribution in [0.25, 0.3) is 0 Å². The zero-order valence-corrected chi connectivity index (χ0v) is 10.8. The summed E-state index contributed by atoms with van der Waals surface area (Å²) in [5.41, 5.74) is 1.94. The molecule has 18 heavy (non-hydrogen) atoms. The first-order valence-electron chi connectivity index (χ1n) is 5.43. The zero-order valence-electron chi connectivity index (χ0n) is 10.1. The molecule has 0 aliphatic carbocycles. The molecule has 1 N–H and O–H groups in total. The number of nitrogens with zero attached hydrogens (tertiary/aromatic N) is 2. The summed E-state index contributed by atoms with van der Waals surface area (Å²) in [6.07, 6.45) is 3.00. The number of anilines is 1. The molecule has 0 spiro atoms. The Balaban J connectivity index is 2.21. The third kappa shape index (κ3) is 2.65. The number of nitrogens with one attached hydrogen (secondary N) is 1. The molecule has 0 aliphatic heterocycles. The molecule has 2 aromatic rings. The smallest absolute Gasteiger partial charge is 0.258 e. The van der Waals surface area contributed by atoms with E-state index in [9.17, 15) is 4.79 Å². The lowest BCUT2D eigenvalue weighted by molar-refractivity contribution is 0.102. The van der Waals surface area contributed by atoms with E-state index in [4.69, 9.17) is 11.6 Å². The Morgan fingerprint density at radius 1 is 1.22 bits per heavy atom. The van der Waals surface area contributed by atoms with Gasteiger partial charge >= 0.3 is 0 Å². The molecule has 0 radical (unpaired) electrons. The van der Waals surface area contributed by atoms with Crippen LogP contribution < -0.4 is 5.32 Å². The van der Waals surface area contributed by atoms with Gasteiger partial charge in [0, 0.05) is 23.1 Å². The summed E-state index contributed by atoms with van der Waals surface area (Å²) >= 11 is 5.99. The molecule has 0 atom stereocenters. The molecule has 1 amide bonds. The molecule has 4 nitrogen and oxygen atoms in total. The molecule has 5 heteroatoms. The van der Waals surface area contributed by atoms with Gasteiger partial charge in [-0.05, 0) is 31.5 Å². The monoisotopic (exact) mass is 261 g/mol. The maximum atomic E-state index is 12.0. The molecule has 0 aliphatic rings. The van der Waals surface area contributed by atoms with Crippen molar-refractivity contribution in [3.8, 4) is 0 Å². The number of hydrogen-bond donors (Lipinski definition) is 1. The number of halogens is 1. The second kappa shape index (κ2) is 5.14. The number of rotatable bonds is 2. The van der Waals surface area contributed by atoms with Crippen LogP contribution in [0.4, 0.5) is 5.69 Å². The van der Waals surface area contributed by atoms with Gasteiger partial charge in [-0.1, -0.05) is 17.7 Å². The maximum Gasteiger partial charge on any atom is 0.258 e. The van der Waals surface area contributed by atoms with E-state index < -0.39 is 0 Å². The Bertz CT molecular complexity index is 581. The highest BCUT2D eigenvalue weighted by Crippen LogP contribution is 2.23. The summed E-state index contributed by atoms with van der Waals surface area (Å²) in [5, 5.41) is 3.40. The Hall–Kier alpha value is -1.94. The van der Waals surface area contributed by atoms with Gasteiger partial charge in [0.15, 0.2) is 0 Å². The van der Waals surface area contributed by atoms with Crippen molar-refractivity contribution in [3.63, 3.8) is 0 Å². The van der Waals surface area contributed by atoms with Gasteiger partial charge in [-0.2, -0.15) is 0 Å². The summed E-state index contributed by atoms with van der Waals surface area (Å²) in [5.74, 6) is 0.380. The van der Waals surface area contributed by atoms with Gasteiger partial charge in [0.25, 0.3) is 5.91 Å². The lowest BCUT2D eigenvalue weighted by Gasteiger charge is -2.09. The van der Waals surface area contributed by atoms with Gasteiger partial charge in [0.2, 0.25) is 0 Å². The highest BCUT2D eigenvalue weighted by molar-refractivity contribution is 6.31. The Kier molecular flexibility index (Phi) is 3.58. The molecule has 92 valence electrons. The average Bonchev–Trinajstić information content (AvgIpc) is 2.36. The van der Waals surface area contributed by atoms with Crippen LogP contribution in [0.1, 0.15) is 21.7 Å². The second-order valence-electron chi connectivity index (χ2n) is 3.89. The van der Waals surface area contributed by atoms with Crippen LogP contribution in [0, 0.1) is 13.8 Å². The number of aryl methyl sites for hydroxylation is 1. The summed E-state index contributed by atoms with van der Waals surface area (Å²) in [6, 6.07) is 5.37. The van der Waals surface area contributed by atoms with Crippen LogP contribution in [0.15, 0.2) is 30.6 Å². The minimum Gasteiger partial charge on any atom is -0.322 e. The molecule has 0 saturated heterocycles. The van der Waals surface area contributed by atoms with Gasteiger partial charge in [-0.15, -0.1) is 0 Å². The third-order valence-corrected chi connectivity index (χ3v) is 2.97. The molecular weight excluding hydrogens is 250 g/mol. The molecule has 0 bridgehead atoms. The molecule has 1 aromatic carbocycles. The fourth-order valence-electron chi connectivity index (χ4n) is 1.45. The molecule has 1 heterocycles. The lowest BCUT2D eigenvalue weighted by Crippen LogP contribution is -2.13. The van der Waals surface area contributed by atoms with Crippen LogP contribution in [-0.2, 0) is 0 Å². The van der Waals surface area contributed by atoms with E-state index in [0.717, 1.165) is 5.56 Å². The largest absolute Gasteiger partial charge is 0.322 e. The van der Waals surface area contributed by atoms with Crippen LogP contribution in [0.2, 0.25) is 5.02 Å². The topological polar surface area (TPSA) is 54.9 Å². The van der Waals surface area contributed by atoms with Gasteiger partial charge in [-0.25, -0.2) is 9.97 Å². The van der Waals surface area contributed by atoms with Gasteiger partial charge in [0.05, 0.1) is 5.56 Å². The fourth-order valence-corrected chi connectivity index (χ4v) is 1.62. The van der Waals surface area contributed by atoms with Crippen molar-refractivity contribution in [2.24, 2.45) is 0 Å². The quantitative estimate of drug-likeness (QED) is 0.904. The Labute approximate surface area is 110 Å². The SMILES string of the molecule is Cc1ncc(C(=O)Nc2cccc(Cl)c2C)cn1. The molecule has 1 aromatic heterocycles. The minimum absolute atomic E-state index is 0.250. The minimum atomic E-state index is -0.250. The van der Waals surface area contributed by atoms with E-state index in [1.54, 1.807) is 25.1 Å². The lowest BCUT2D eigenvalue weighted by atomic mass is 10.2. The van der Waals surface area contributed by atoms with E-state index in [1.807, 2.05) is 6.92 Å². The summed E-state index contributed by atoms with van der Waals surface area (Å²) in [4.78, 5) is 19.9. The van der Waals surface area contributed by atoms with Crippen LogP contribution in [0.5, 0.6) is 0 Å². The Morgan fingerprint density at radius 3 is 2.56 bits per heavy atom. The van der Waals surface area contributed by atoms with Crippen molar-refractivity contribution in [3.05, 3.63) is 52.6 Å². The maximum absolute atomic E-state index is 12.0. The molecule has 2 rings (SSSR count). The molecule has 0 saturated carbocycles. The first-order chi connectivity index (χ1) is 8.58. The highest BCUT2D eigenvalue weighted by atomic mass is 35.5. The first-order valence-corrected chi connectivity index (χ1v) is 5.81. The standard InChI is InChI=1S/C13H12ClN3O/c1-8-11(14)4-3-5-12(8)17-13(18)10-6-15-9(2)16-7-10/h3-7H,1-2H3,(H,17,18). The van der Waals surface area contributed by atoms with Crippen LogP contribution in [0.3, 0.4) is 0 Å². The van der Waals surface area contributed by atoms with Gasteiger partial charge < -0.3 is 5.32 Å². The number of amides is 1. The number of carbonyl (C=O) groups excluding carboxylic acids is 1. The van der Waals surface area contributed by atoms with Gasteiger partial charge in [-0.3, -0.25) is 4.79 Å². The van der Waals surface area contributed by atoms with Crippen molar-refractivity contribution >= 4 is 23.2 Å². The zero-order chi connectivity index (χ0) is 13.1. The normalized spacial score (nSPS) is 10.2. The van der Waals surface area contributed by atoms with Crippen molar-refractivity contribution in [1.29, 1.82) is 0 Å². The van der Waals surface area contributed by atoms with Gasteiger partial charge in [0.1, 0.15) is 5.82 Å². The van der Waals surface area contributed by atoms with E-state index >= 15 is 0 Å². The Morgan fingerprint density at radius 2 is 1.89 bits per heavy atom. The van der Waals surface area contributed by atoms with Crippen LogP contribution in [-0.4, -0.2) is 15.9 Å².